The Bertz CT molecular complexity index is 1110. The summed E-state index contributed by atoms with van der Waals surface area (Å²) in [6, 6.07) is 11.7. The summed E-state index contributed by atoms with van der Waals surface area (Å²) in [6.45, 7) is 2.60. The number of benzene rings is 1. The second kappa shape index (κ2) is 9.23. The van der Waals surface area contributed by atoms with Crippen LogP contribution in [0.2, 0.25) is 0 Å². The van der Waals surface area contributed by atoms with Crippen molar-refractivity contribution in [2.75, 3.05) is 18.5 Å². The number of ether oxygens (including phenoxy) is 2. The van der Waals surface area contributed by atoms with Crippen LogP contribution in [0.15, 0.2) is 55.0 Å². The van der Waals surface area contributed by atoms with Crippen molar-refractivity contribution >= 4 is 22.3 Å². The van der Waals surface area contributed by atoms with Crippen LogP contribution in [0.5, 0.6) is 11.6 Å². The zero-order chi connectivity index (χ0) is 20.8. The number of aromatic amines is 1. The Morgan fingerprint density at radius 1 is 1.13 bits per heavy atom. The minimum atomic E-state index is -0.0813. The van der Waals surface area contributed by atoms with Crippen LogP contribution in [0.1, 0.15) is 18.2 Å². The lowest BCUT2D eigenvalue weighted by molar-refractivity contribution is 0.198. The third kappa shape index (κ3) is 4.33. The fraction of sp³-hybridized carbons (Fsp3) is 0.227. The number of nitrogens with zero attached hydrogens (tertiary/aromatic N) is 3. The number of fused-ring (bicyclic) bond motifs is 1. The Kier molecular flexibility index (Phi) is 6.05. The molecule has 0 spiro atoms. The molecule has 0 fully saturated rings. The molecule has 4 rings (SSSR count). The van der Waals surface area contributed by atoms with Crippen LogP contribution in [0.25, 0.3) is 10.9 Å². The number of hydrogen-bond donors (Lipinski definition) is 3. The molecule has 0 atom stereocenters. The predicted molar refractivity (Wildman–Crippen MR) is 114 cm³/mol. The number of nitrogens with one attached hydrogen (secondary N) is 2. The fourth-order valence-electron chi connectivity index (χ4n) is 3.15. The van der Waals surface area contributed by atoms with E-state index >= 15 is 0 Å². The number of pyridine rings is 2. The second-order valence-corrected chi connectivity index (χ2v) is 6.62. The molecular weight excluding hydrogens is 382 g/mol. The summed E-state index contributed by atoms with van der Waals surface area (Å²) in [6.07, 6.45) is 5.99. The first kappa shape index (κ1) is 19.7. The van der Waals surface area contributed by atoms with Gasteiger partial charge in [-0.25, -0.2) is 0 Å². The number of H-pyrrole nitrogens is 1. The Labute approximate surface area is 173 Å². The van der Waals surface area contributed by atoms with Gasteiger partial charge in [-0.1, -0.05) is 13.0 Å². The molecule has 0 aliphatic rings. The molecule has 8 heteroatoms. The van der Waals surface area contributed by atoms with Crippen molar-refractivity contribution in [2.24, 2.45) is 0 Å². The maximum atomic E-state index is 9.04. The highest BCUT2D eigenvalue weighted by atomic mass is 16.5. The summed E-state index contributed by atoms with van der Waals surface area (Å²) < 4.78 is 11.5. The van der Waals surface area contributed by atoms with E-state index in [0.717, 1.165) is 45.7 Å². The van der Waals surface area contributed by atoms with Crippen LogP contribution in [0.3, 0.4) is 0 Å². The molecular formula is C22H23N5O3. The molecule has 3 aromatic heterocycles. The number of anilines is 2. The zero-order valence-corrected chi connectivity index (χ0v) is 16.6. The molecule has 1 aromatic carbocycles. The standard InChI is InChI=1S/C22H23N5O3/c1-2-15-11-16(6-7-20(15)30-14-17-5-3-4-8-24-17)25-18-12-23-13-19-21(18)22(27-26-19)29-10-9-28/h3-8,11-13,25,28H,2,9-10,14H2,1H3,(H,26,27). The summed E-state index contributed by atoms with van der Waals surface area (Å²) in [5, 5.41) is 20.3. The number of aromatic nitrogens is 4. The highest BCUT2D eigenvalue weighted by Crippen LogP contribution is 2.33. The van der Waals surface area contributed by atoms with Crippen molar-refractivity contribution in [1.82, 2.24) is 20.2 Å². The average molecular weight is 405 g/mol. The molecule has 0 saturated carbocycles. The van der Waals surface area contributed by atoms with Gasteiger partial charge in [0.1, 0.15) is 19.0 Å². The highest BCUT2D eigenvalue weighted by molar-refractivity contribution is 5.96. The first-order valence-corrected chi connectivity index (χ1v) is 9.77. The SMILES string of the molecule is CCc1cc(Nc2cncc3[nH]nc(OCCO)c23)ccc1OCc1ccccn1. The normalized spacial score (nSPS) is 10.9. The monoisotopic (exact) mass is 405 g/mol. The van der Waals surface area contributed by atoms with E-state index < -0.39 is 0 Å². The average Bonchev–Trinajstić information content (AvgIpc) is 3.21. The Balaban J connectivity index is 1.56. The number of aliphatic hydroxyl groups is 1. The number of aliphatic hydroxyl groups excluding tert-OH is 1. The topological polar surface area (TPSA) is 105 Å². The lowest BCUT2D eigenvalue weighted by Crippen LogP contribution is -2.03. The largest absolute Gasteiger partial charge is 0.487 e. The van der Waals surface area contributed by atoms with Crippen molar-refractivity contribution in [2.45, 2.75) is 20.0 Å². The minimum Gasteiger partial charge on any atom is -0.487 e. The quantitative estimate of drug-likeness (QED) is 0.391. The van der Waals surface area contributed by atoms with Gasteiger partial charge in [0.2, 0.25) is 5.88 Å². The van der Waals surface area contributed by atoms with Crippen LogP contribution in [0, 0.1) is 0 Å². The first-order valence-electron chi connectivity index (χ1n) is 9.77. The molecule has 0 radical (unpaired) electrons. The van der Waals surface area contributed by atoms with Gasteiger partial charge >= 0.3 is 0 Å². The Hall–Kier alpha value is -3.65. The Morgan fingerprint density at radius 3 is 2.87 bits per heavy atom. The van der Waals surface area contributed by atoms with Gasteiger partial charge in [0.05, 0.1) is 41.3 Å². The van der Waals surface area contributed by atoms with Gasteiger partial charge in [0, 0.05) is 11.9 Å². The molecule has 0 unspecified atom stereocenters. The van der Waals surface area contributed by atoms with Gasteiger partial charge in [0.15, 0.2) is 0 Å². The molecule has 0 aliphatic heterocycles. The van der Waals surface area contributed by atoms with Crippen LogP contribution in [0.4, 0.5) is 11.4 Å². The van der Waals surface area contributed by atoms with E-state index in [1.54, 1.807) is 18.6 Å². The van der Waals surface area contributed by atoms with Crippen LogP contribution >= 0.6 is 0 Å². The third-order valence-corrected chi connectivity index (χ3v) is 4.59. The van der Waals surface area contributed by atoms with Crippen LogP contribution < -0.4 is 14.8 Å². The summed E-state index contributed by atoms with van der Waals surface area (Å²) >= 11 is 0. The molecule has 3 heterocycles. The van der Waals surface area contributed by atoms with E-state index in [0.29, 0.717) is 12.5 Å². The molecule has 3 N–H and O–H groups in total. The van der Waals surface area contributed by atoms with Gasteiger partial charge in [-0.3, -0.25) is 15.1 Å². The van der Waals surface area contributed by atoms with Crippen LogP contribution in [-0.4, -0.2) is 38.5 Å². The fourth-order valence-corrected chi connectivity index (χ4v) is 3.15. The summed E-state index contributed by atoms with van der Waals surface area (Å²) in [4.78, 5) is 8.55. The highest BCUT2D eigenvalue weighted by Gasteiger charge is 2.13. The maximum absolute atomic E-state index is 9.04. The Morgan fingerprint density at radius 2 is 2.07 bits per heavy atom. The molecule has 0 bridgehead atoms. The van der Waals surface area contributed by atoms with Crippen molar-refractivity contribution in [3.63, 3.8) is 0 Å². The lowest BCUT2D eigenvalue weighted by atomic mass is 10.1. The van der Waals surface area contributed by atoms with Crippen molar-refractivity contribution in [3.05, 3.63) is 66.2 Å². The number of hydrogen-bond acceptors (Lipinski definition) is 7. The van der Waals surface area contributed by atoms with Gasteiger partial charge in [0.25, 0.3) is 0 Å². The molecule has 8 nitrogen and oxygen atoms in total. The smallest absolute Gasteiger partial charge is 0.242 e. The zero-order valence-electron chi connectivity index (χ0n) is 16.6. The van der Waals surface area contributed by atoms with Crippen molar-refractivity contribution < 1.29 is 14.6 Å². The van der Waals surface area contributed by atoms with E-state index in [9.17, 15) is 0 Å². The predicted octanol–water partition coefficient (Wildman–Crippen LogP) is 3.61. The second-order valence-electron chi connectivity index (χ2n) is 6.62. The van der Waals surface area contributed by atoms with Gasteiger partial charge in [-0.15, -0.1) is 5.10 Å². The van der Waals surface area contributed by atoms with E-state index in [2.05, 4.69) is 38.5 Å². The maximum Gasteiger partial charge on any atom is 0.242 e. The van der Waals surface area contributed by atoms with Gasteiger partial charge in [-0.2, -0.15) is 0 Å². The summed E-state index contributed by atoms with van der Waals surface area (Å²) in [5.41, 5.74) is 4.38. The van der Waals surface area contributed by atoms with Gasteiger partial charge in [-0.05, 0) is 42.3 Å². The van der Waals surface area contributed by atoms with Crippen molar-refractivity contribution in [1.29, 1.82) is 0 Å². The minimum absolute atomic E-state index is 0.0813. The molecule has 154 valence electrons. The summed E-state index contributed by atoms with van der Waals surface area (Å²) in [5.74, 6) is 1.26. The van der Waals surface area contributed by atoms with E-state index in [1.165, 1.54) is 0 Å². The number of aryl methyl sites for hydroxylation is 1. The number of rotatable bonds is 9. The molecule has 0 amide bonds. The first-order chi connectivity index (χ1) is 14.8. The van der Waals surface area contributed by atoms with Gasteiger partial charge < -0.3 is 19.9 Å². The van der Waals surface area contributed by atoms with Crippen molar-refractivity contribution in [3.8, 4) is 11.6 Å². The summed E-state index contributed by atoms with van der Waals surface area (Å²) in [7, 11) is 0. The van der Waals surface area contributed by atoms with Crippen LogP contribution in [-0.2, 0) is 13.0 Å². The van der Waals surface area contributed by atoms with E-state index in [-0.39, 0.29) is 13.2 Å². The van der Waals surface area contributed by atoms with E-state index in [1.807, 2.05) is 30.3 Å². The molecule has 4 aromatic rings. The molecule has 30 heavy (non-hydrogen) atoms. The third-order valence-electron chi connectivity index (χ3n) is 4.59. The molecule has 0 saturated heterocycles. The lowest BCUT2D eigenvalue weighted by Gasteiger charge is -2.14. The molecule has 0 aliphatic carbocycles. The van der Waals surface area contributed by atoms with E-state index in [4.69, 9.17) is 14.6 Å².